The maximum Gasteiger partial charge on any atom is 0.237 e. The molecule has 0 amide bonds. The molecule has 6 heteroatoms. The highest BCUT2D eigenvalue weighted by Gasteiger charge is 2.28. The highest BCUT2D eigenvalue weighted by Crippen LogP contribution is 2.19. The molecule has 0 saturated heterocycles. The molecule has 5 nitrogen and oxygen atoms in total. The van der Waals surface area contributed by atoms with Crippen molar-refractivity contribution in [1.29, 1.82) is 5.41 Å². The van der Waals surface area contributed by atoms with Gasteiger partial charge >= 0.3 is 0 Å². The summed E-state index contributed by atoms with van der Waals surface area (Å²) in [6.07, 6.45) is 0.367. The second-order valence-electron chi connectivity index (χ2n) is 5.12. The van der Waals surface area contributed by atoms with Gasteiger partial charge in [-0.15, -0.1) is 0 Å². The van der Waals surface area contributed by atoms with Crippen molar-refractivity contribution >= 4 is 21.5 Å². The van der Waals surface area contributed by atoms with Gasteiger partial charge in [-0.05, 0) is 38.5 Å². The number of rotatable bonds is 4. The Kier molecular flexibility index (Phi) is 4.01. The van der Waals surface area contributed by atoms with Gasteiger partial charge in [0.25, 0.3) is 0 Å². The summed E-state index contributed by atoms with van der Waals surface area (Å²) in [7, 11) is -3.40. The van der Waals surface area contributed by atoms with Crippen LogP contribution in [-0.4, -0.2) is 19.0 Å². The van der Waals surface area contributed by atoms with Gasteiger partial charge in [-0.2, -0.15) is 0 Å². The molecule has 100 valence electrons. The van der Waals surface area contributed by atoms with Crippen LogP contribution in [0.5, 0.6) is 0 Å². The van der Waals surface area contributed by atoms with Crippen molar-refractivity contribution in [3.63, 3.8) is 0 Å². The molecule has 0 aliphatic rings. The second kappa shape index (κ2) is 4.97. The van der Waals surface area contributed by atoms with Crippen molar-refractivity contribution < 1.29 is 8.42 Å². The molecule has 1 aromatic carbocycles. The van der Waals surface area contributed by atoms with Gasteiger partial charge in [-0.25, -0.2) is 8.42 Å². The Bertz CT molecular complexity index is 527. The first kappa shape index (κ1) is 14.5. The van der Waals surface area contributed by atoms with Gasteiger partial charge in [0.15, 0.2) is 0 Å². The molecule has 0 unspecified atom stereocenters. The van der Waals surface area contributed by atoms with E-state index in [9.17, 15) is 8.42 Å². The number of nitrogens with one attached hydrogen (secondary N) is 2. The van der Waals surface area contributed by atoms with Crippen molar-refractivity contribution in [2.24, 2.45) is 5.73 Å². The Morgan fingerprint density at radius 2 is 1.78 bits per heavy atom. The van der Waals surface area contributed by atoms with E-state index in [4.69, 9.17) is 11.1 Å². The van der Waals surface area contributed by atoms with Crippen LogP contribution in [0.1, 0.15) is 26.3 Å². The zero-order valence-electron chi connectivity index (χ0n) is 10.8. The number of sulfonamides is 1. The van der Waals surface area contributed by atoms with E-state index in [1.54, 1.807) is 45.0 Å². The number of amidine groups is 1. The van der Waals surface area contributed by atoms with E-state index in [2.05, 4.69) is 4.72 Å². The minimum Gasteiger partial charge on any atom is -0.387 e. The van der Waals surface area contributed by atoms with E-state index < -0.39 is 14.8 Å². The summed E-state index contributed by atoms with van der Waals surface area (Å²) in [6, 6.07) is 6.84. The molecule has 0 bridgehead atoms. The zero-order valence-corrected chi connectivity index (χ0v) is 11.6. The summed E-state index contributed by atoms with van der Waals surface area (Å²) in [4.78, 5) is 0. The molecule has 0 aromatic heterocycles. The molecule has 0 saturated carbocycles. The predicted octanol–water partition coefficient (Wildman–Crippen LogP) is 1.71. The largest absolute Gasteiger partial charge is 0.387 e. The Morgan fingerprint density at radius 3 is 2.17 bits per heavy atom. The maximum atomic E-state index is 11.9. The Balaban J connectivity index is 2.85. The molecule has 0 atom stereocenters. The lowest BCUT2D eigenvalue weighted by Gasteiger charge is -2.20. The predicted molar refractivity (Wildman–Crippen MR) is 74.4 cm³/mol. The van der Waals surface area contributed by atoms with Crippen LogP contribution in [0.15, 0.2) is 24.3 Å². The molecule has 0 fully saturated rings. The van der Waals surface area contributed by atoms with Gasteiger partial charge in [0, 0.05) is 12.1 Å². The maximum absolute atomic E-state index is 11.9. The summed E-state index contributed by atoms with van der Waals surface area (Å²) in [5, 5.41) is 7.18. The third kappa shape index (κ3) is 3.73. The Morgan fingerprint density at radius 1 is 1.28 bits per heavy atom. The van der Waals surface area contributed by atoms with Crippen molar-refractivity contribution in [3.8, 4) is 0 Å². The molecular weight excluding hydrogens is 250 g/mol. The fraction of sp³-hybridized carbons (Fsp3) is 0.417. The van der Waals surface area contributed by atoms with Crippen molar-refractivity contribution in [2.75, 3.05) is 4.72 Å². The van der Waals surface area contributed by atoms with Gasteiger partial charge in [0.05, 0.1) is 10.6 Å². The minimum atomic E-state index is -3.40. The number of hydrogen-bond acceptors (Lipinski definition) is 3. The smallest absolute Gasteiger partial charge is 0.237 e. The summed E-state index contributed by atoms with van der Waals surface area (Å²) in [5.41, 5.74) is 6.68. The molecular formula is C12H19N3O2S. The number of anilines is 1. The standard InChI is InChI=1S/C12H19N3O2S/c1-12(2,3)18(16,17)15-10-6-4-9(5-7-10)8-11(13)14/h4-7,15H,8H2,1-3H3,(H3,13,14). The summed E-state index contributed by atoms with van der Waals surface area (Å²) >= 11 is 0. The van der Waals surface area contributed by atoms with Crippen molar-refractivity contribution in [1.82, 2.24) is 0 Å². The van der Waals surface area contributed by atoms with E-state index in [1.807, 2.05) is 0 Å². The van der Waals surface area contributed by atoms with Crippen LogP contribution >= 0.6 is 0 Å². The normalized spacial score (nSPS) is 12.2. The molecule has 4 N–H and O–H groups in total. The average Bonchev–Trinajstić information content (AvgIpc) is 2.18. The van der Waals surface area contributed by atoms with E-state index >= 15 is 0 Å². The number of nitrogens with two attached hydrogens (primary N) is 1. The minimum absolute atomic E-state index is 0.0815. The molecule has 0 aliphatic heterocycles. The van der Waals surface area contributed by atoms with Gasteiger partial charge in [-0.3, -0.25) is 10.1 Å². The van der Waals surface area contributed by atoms with Crippen LogP contribution < -0.4 is 10.5 Å². The highest BCUT2D eigenvalue weighted by molar-refractivity contribution is 7.94. The molecule has 0 heterocycles. The summed E-state index contributed by atoms with van der Waals surface area (Å²) in [5.74, 6) is 0.0815. The van der Waals surface area contributed by atoms with Crippen LogP contribution in [-0.2, 0) is 16.4 Å². The van der Waals surface area contributed by atoms with Gasteiger partial charge in [0.1, 0.15) is 0 Å². The van der Waals surface area contributed by atoms with E-state index in [1.165, 1.54) is 0 Å². The Hall–Kier alpha value is -1.56. The van der Waals surface area contributed by atoms with Gasteiger partial charge in [0.2, 0.25) is 10.0 Å². The van der Waals surface area contributed by atoms with Crippen LogP contribution in [0.3, 0.4) is 0 Å². The van der Waals surface area contributed by atoms with E-state index in [0.717, 1.165) is 5.56 Å². The fourth-order valence-electron chi connectivity index (χ4n) is 1.22. The van der Waals surface area contributed by atoms with Crippen LogP contribution in [0.25, 0.3) is 0 Å². The number of hydrogen-bond donors (Lipinski definition) is 3. The van der Waals surface area contributed by atoms with Crippen LogP contribution in [0, 0.1) is 5.41 Å². The first-order valence-corrected chi connectivity index (χ1v) is 7.04. The SMILES string of the molecule is CC(C)(C)S(=O)(=O)Nc1ccc(CC(=N)N)cc1. The lowest BCUT2D eigenvalue weighted by Crippen LogP contribution is -2.33. The molecule has 0 radical (unpaired) electrons. The van der Waals surface area contributed by atoms with Crippen LogP contribution in [0.2, 0.25) is 0 Å². The average molecular weight is 269 g/mol. The number of benzene rings is 1. The van der Waals surface area contributed by atoms with E-state index in [-0.39, 0.29) is 5.84 Å². The molecule has 1 rings (SSSR count). The lowest BCUT2D eigenvalue weighted by molar-refractivity contribution is 0.566. The molecule has 1 aromatic rings. The van der Waals surface area contributed by atoms with E-state index in [0.29, 0.717) is 12.1 Å². The third-order valence-corrected chi connectivity index (χ3v) is 4.52. The van der Waals surface area contributed by atoms with Gasteiger partial charge < -0.3 is 5.73 Å². The van der Waals surface area contributed by atoms with Crippen molar-refractivity contribution in [2.45, 2.75) is 31.9 Å². The first-order valence-electron chi connectivity index (χ1n) is 5.56. The summed E-state index contributed by atoms with van der Waals surface area (Å²) < 4.78 is 25.5. The third-order valence-electron chi connectivity index (χ3n) is 2.41. The zero-order chi connectivity index (χ0) is 14.0. The summed E-state index contributed by atoms with van der Waals surface area (Å²) in [6.45, 7) is 4.92. The Labute approximate surface area is 108 Å². The van der Waals surface area contributed by atoms with Gasteiger partial charge in [-0.1, -0.05) is 12.1 Å². The molecule has 0 spiro atoms. The lowest BCUT2D eigenvalue weighted by atomic mass is 10.1. The topological polar surface area (TPSA) is 96.0 Å². The van der Waals surface area contributed by atoms with Crippen LogP contribution in [0.4, 0.5) is 5.69 Å². The fourth-order valence-corrected chi connectivity index (χ4v) is 1.97. The second-order valence-corrected chi connectivity index (χ2v) is 7.55. The monoisotopic (exact) mass is 269 g/mol. The highest BCUT2D eigenvalue weighted by atomic mass is 32.2. The quantitative estimate of drug-likeness (QED) is 0.573. The molecule has 0 aliphatic carbocycles. The van der Waals surface area contributed by atoms with Crippen molar-refractivity contribution in [3.05, 3.63) is 29.8 Å². The molecule has 18 heavy (non-hydrogen) atoms. The first-order chi connectivity index (χ1) is 8.12.